The molecule has 0 saturated carbocycles. The van der Waals surface area contributed by atoms with E-state index in [1.807, 2.05) is 12.1 Å². The SMILES string of the molecule is COC(=O)/C=C/CON=C(c1cc(CO)c(OC)c(OC)c1)C(C)(C)N1CCOCC1. The number of ether oxygens (including phenoxy) is 4. The third kappa shape index (κ3) is 6.19. The summed E-state index contributed by atoms with van der Waals surface area (Å²) < 4.78 is 20.9. The molecule has 9 nitrogen and oxygen atoms in total. The lowest BCUT2D eigenvalue weighted by molar-refractivity contribution is -0.134. The quantitative estimate of drug-likeness (QED) is 0.195. The van der Waals surface area contributed by atoms with E-state index >= 15 is 0 Å². The van der Waals surface area contributed by atoms with Crippen LogP contribution in [0, 0.1) is 0 Å². The van der Waals surface area contributed by atoms with Crippen molar-refractivity contribution in [1.82, 2.24) is 4.90 Å². The maximum absolute atomic E-state index is 11.2. The van der Waals surface area contributed by atoms with Gasteiger partial charge < -0.3 is 28.9 Å². The van der Waals surface area contributed by atoms with Gasteiger partial charge in [0.05, 0.1) is 46.7 Å². The first kappa shape index (κ1) is 24.6. The van der Waals surface area contributed by atoms with Gasteiger partial charge in [0.2, 0.25) is 0 Å². The minimum atomic E-state index is -0.512. The Bertz CT molecular complexity index is 774. The van der Waals surface area contributed by atoms with Crippen molar-refractivity contribution >= 4 is 11.7 Å². The summed E-state index contributed by atoms with van der Waals surface area (Å²) in [5.74, 6) is 0.494. The lowest BCUT2D eigenvalue weighted by Crippen LogP contribution is -2.54. The van der Waals surface area contributed by atoms with E-state index in [0.29, 0.717) is 36.0 Å². The maximum atomic E-state index is 11.2. The number of carbonyl (C=O) groups is 1. The van der Waals surface area contributed by atoms with Gasteiger partial charge in [-0.05, 0) is 32.1 Å². The first-order valence-corrected chi connectivity index (χ1v) is 10.0. The molecule has 0 amide bonds. The van der Waals surface area contributed by atoms with Crippen LogP contribution in [0.25, 0.3) is 0 Å². The zero-order valence-electron chi connectivity index (χ0n) is 18.8. The Labute approximate surface area is 183 Å². The summed E-state index contributed by atoms with van der Waals surface area (Å²) in [6, 6.07) is 3.63. The summed E-state index contributed by atoms with van der Waals surface area (Å²) in [6.07, 6.45) is 2.81. The molecule has 1 aromatic rings. The van der Waals surface area contributed by atoms with Crippen LogP contribution in [0.2, 0.25) is 0 Å². The number of methoxy groups -OCH3 is 3. The van der Waals surface area contributed by atoms with E-state index in [1.54, 1.807) is 7.11 Å². The second kappa shape index (κ2) is 11.7. The second-order valence-electron chi connectivity index (χ2n) is 7.35. The molecule has 0 bridgehead atoms. The number of rotatable bonds is 10. The van der Waals surface area contributed by atoms with Crippen molar-refractivity contribution < 1.29 is 33.7 Å². The van der Waals surface area contributed by atoms with Gasteiger partial charge in [0.15, 0.2) is 11.5 Å². The van der Waals surface area contributed by atoms with Crippen LogP contribution in [0.1, 0.15) is 25.0 Å². The molecule has 1 heterocycles. The van der Waals surface area contributed by atoms with Gasteiger partial charge in [-0.25, -0.2) is 4.79 Å². The highest BCUT2D eigenvalue weighted by Crippen LogP contribution is 2.35. The molecule has 0 spiro atoms. The molecule has 31 heavy (non-hydrogen) atoms. The van der Waals surface area contributed by atoms with Crippen LogP contribution >= 0.6 is 0 Å². The molecule has 1 fully saturated rings. The molecule has 1 aromatic carbocycles. The van der Waals surface area contributed by atoms with E-state index in [0.717, 1.165) is 18.7 Å². The smallest absolute Gasteiger partial charge is 0.330 e. The third-order valence-corrected chi connectivity index (χ3v) is 5.16. The van der Waals surface area contributed by atoms with Crippen molar-refractivity contribution in [1.29, 1.82) is 0 Å². The molecule has 0 aromatic heterocycles. The lowest BCUT2D eigenvalue weighted by atomic mass is 9.89. The van der Waals surface area contributed by atoms with E-state index in [2.05, 4.69) is 28.6 Å². The first-order valence-electron chi connectivity index (χ1n) is 10.0. The highest BCUT2D eigenvalue weighted by atomic mass is 16.6. The second-order valence-corrected chi connectivity index (χ2v) is 7.35. The fourth-order valence-electron chi connectivity index (χ4n) is 3.44. The predicted octanol–water partition coefficient (Wildman–Crippen LogP) is 1.76. The van der Waals surface area contributed by atoms with Crippen molar-refractivity contribution in [2.75, 3.05) is 54.2 Å². The van der Waals surface area contributed by atoms with Crippen molar-refractivity contribution in [3.63, 3.8) is 0 Å². The maximum Gasteiger partial charge on any atom is 0.330 e. The number of aliphatic hydroxyl groups excluding tert-OH is 1. The number of hydrogen-bond acceptors (Lipinski definition) is 9. The predicted molar refractivity (Wildman–Crippen MR) is 116 cm³/mol. The van der Waals surface area contributed by atoms with Crippen LogP contribution in [0.3, 0.4) is 0 Å². The lowest BCUT2D eigenvalue weighted by Gasteiger charge is -2.41. The molecule has 0 aliphatic carbocycles. The van der Waals surface area contributed by atoms with Crippen LogP contribution in [-0.2, 0) is 25.7 Å². The summed E-state index contributed by atoms with van der Waals surface area (Å²) in [5, 5.41) is 14.3. The van der Waals surface area contributed by atoms with Gasteiger partial charge in [0.1, 0.15) is 12.3 Å². The highest BCUT2D eigenvalue weighted by molar-refractivity contribution is 6.07. The molecule has 9 heteroatoms. The zero-order chi connectivity index (χ0) is 22.9. The zero-order valence-corrected chi connectivity index (χ0v) is 18.8. The van der Waals surface area contributed by atoms with Gasteiger partial charge in [-0.1, -0.05) is 5.16 Å². The minimum Gasteiger partial charge on any atom is -0.493 e. The van der Waals surface area contributed by atoms with Crippen molar-refractivity contribution in [3.8, 4) is 11.5 Å². The largest absolute Gasteiger partial charge is 0.493 e. The number of oxime groups is 1. The van der Waals surface area contributed by atoms with Gasteiger partial charge in [-0.3, -0.25) is 4.90 Å². The van der Waals surface area contributed by atoms with Crippen LogP contribution in [0.4, 0.5) is 0 Å². The average molecular weight is 437 g/mol. The number of esters is 1. The Hall–Kier alpha value is -2.62. The van der Waals surface area contributed by atoms with E-state index in [1.165, 1.54) is 26.4 Å². The van der Waals surface area contributed by atoms with E-state index in [9.17, 15) is 9.90 Å². The number of nitrogens with zero attached hydrogens (tertiary/aromatic N) is 2. The van der Waals surface area contributed by atoms with Gasteiger partial charge >= 0.3 is 5.97 Å². The summed E-state index contributed by atoms with van der Waals surface area (Å²) in [6.45, 7) is 6.74. The number of morpholine rings is 1. The van der Waals surface area contributed by atoms with Gasteiger partial charge in [-0.15, -0.1) is 0 Å². The van der Waals surface area contributed by atoms with Crippen LogP contribution in [0.15, 0.2) is 29.4 Å². The third-order valence-electron chi connectivity index (χ3n) is 5.16. The molecule has 1 aliphatic rings. The molecule has 0 unspecified atom stereocenters. The van der Waals surface area contributed by atoms with Crippen molar-refractivity contribution in [3.05, 3.63) is 35.4 Å². The Kier molecular flexibility index (Phi) is 9.29. The van der Waals surface area contributed by atoms with Crippen LogP contribution in [0.5, 0.6) is 11.5 Å². The standard InChI is InChI=1S/C22H32N2O7/c1-22(2,24-8-11-30-12-9-24)21(23-31-10-6-7-19(26)28-4)16-13-17(15-25)20(29-5)18(14-16)27-3/h6-7,13-14,25H,8-12,15H2,1-5H3/b7-6+,23-21?. The molecule has 1 saturated heterocycles. The van der Waals surface area contributed by atoms with E-state index in [-0.39, 0.29) is 13.2 Å². The molecule has 2 rings (SSSR count). The molecular weight excluding hydrogens is 404 g/mol. The normalized spacial score (nSPS) is 15.7. The average Bonchev–Trinajstić information content (AvgIpc) is 2.80. The summed E-state index contributed by atoms with van der Waals surface area (Å²) in [4.78, 5) is 19.0. The summed E-state index contributed by atoms with van der Waals surface area (Å²) in [7, 11) is 4.38. The fourth-order valence-corrected chi connectivity index (χ4v) is 3.44. The fraction of sp³-hybridized carbons (Fsp3) is 0.545. The molecular formula is C22H32N2O7. The summed E-state index contributed by atoms with van der Waals surface area (Å²) in [5.41, 5.74) is 1.45. The van der Waals surface area contributed by atoms with Crippen molar-refractivity contribution in [2.24, 2.45) is 5.16 Å². The molecule has 1 aliphatic heterocycles. The van der Waals surface area contributed by atoms with Gasteiger partial charge in [0, 0.05) is 30.3 Å². The van der Waals surface area contributed by atoms with Gasteiger partial charge in [-0.2, -0.15) is 0 Å². The Balaban J connectivity index is 2.45. The summed E-state index contributed by atoms with van der Waals surface area (Å²) >= 11 is 0. The van der Waals surface area contributed by atoms with Crippen LogP contribution in [-0.4, -0.2) is 81.5 Å². The van der Waals surface area contributed by atoms with Crippen molar-refractivity contribution in [2.45, 2.75) is 26.0 Å². The number of benzene rings is 1. The Morgan fingerprint density at radius 3 is 2.52 bits per heavy atom. The molecule has 0 radical (unpaired) electrons. The van der Waals surface area contributed by atoms with Crippen LogP contribution < -0.4 is 9.47 Å². The topological polar surface area (TPSA) is 99.1 Å². The minimum absolute atomic E-state index is 0.0952. The molecule has 0 atom stereocenters. The first-order chi connectivity index (χ1) is 14.9. The van der Waals surface area contributed by atoms with Gasteiger partial charge in [0.25, 0.3) is 0 Å². The molecule has 1 N–H and O–H groups in total. The van der Waals surface area contributed by atoms with E-state index < -0.39 is 11.5 Å². The van der Waals surface area contributed by atoms with E-state index in [4.69, 9.17) is 19.0 Å². The molecule has 172 valence electrons. The highest BCUT2D eigenvalue weighted by Gasteiger charge is 2.35. The number of hydrogen-bond donors (Lipinski definition) is 1. The number of carbonyl (C=O) groups excluding carboxylic acids is 1. The monoisotopic (exact) mass is 436 g/mol. The number of aliphatic hydroxyl groups is 1. The Morgan fingerprint density at radius 2 is 1.94 bits per heavy atom. The Morgan fingerprint density at radius 1 is 1.23 bits per heavy atom.